The van der Waals surface area contributed by atoms with Gasteiger partial charge in [0.2, 0.25) is 0 Å². The summed E-state index contributed by atoms with van der Waals surface area (Å²) in [6, 6.07) is 20.8. The van der Waals surface area contributed by atoms with Crippen molar-refractivity contribution in [1.29, 1.82) is 0 Å². The van der Waals surface area contributed by atoms with Crippen molar-refractivity contribution in [3.63, 3.8) is 0 Å². The van der Waals surface area contributed by atoms with Crippen LogP contribution in [0.1, 0.15) is 20.7 Å². The first-order valence-electron chi connectivity index (χ1n) is 11.1. The maximum absolute atomic E-state index is 13.5. The standard InChI is InChI=1S/C26H24N4O3S/c1-33-21-10-5-7-19(17-21)25(31)28-12-14-29(15-13-28)26(32)22-18-30(20-8-3-2-4-9-20)27-24(22)23-11-6-16-34-23/h2-11,16-18H,12-15H2,1H3. The molecule has 0 saturated carbocycles. The number of hydrogen-bond donors (Lipinski definition) is 0. The molecule has 2 amide bonds. The van der Waals surface area contributed by atoms with Crippen molar-refractivity contribution in [1.82, 2.24) is 19.6 Å². The van der Waals surface area contributed by atoms with Gasteiger partial charge in [0.1, 0.15) is 11.4 Å². The fraction of sp³-hybridized carbons (Fsp3) is 0.192. The average Bonchev–Trinajstić information content (AvgIpc) is 3.59. The summed E-state index contributed by atoms with van der Waals surface area (Å²) in [6.45, 7) is 1.88. The highest BCUT2D eigenvalue weighted by molar-refractivity contribution is 7.13. The molecule has 5 rings (SSSR count). The molecule has 2 aromatic heterocycles. The number of carbonyl (C=O) groups is 2. The van der Waals surface area contributed by atoms with Gasteiger partial charge in [-0.05, 0) is 41.8 Å². The Morgan fingerprint density at radius 3 is 2.29 bits per heavy atom. The van der Waals surface area contributed by atoms with Crippen LogP contribution in [0.4, 0.5) is 0 Å². The molecule has 0 N–H and O–H groups in total. The second-order valence-corrected chi connectivity index (χ2v) is 8.91. The van der Waals surface area contributed by atoms with Crippen LogP contribution in [0.2, 0.25) is 0 Å². The summed E-state index contributed by atoms with van der Waals surface area (Å²) in [5.41, 5.74) is 2.73. The second kappa shape index (κ2) is 9.52. The molecule has 4 aromatic rings. The van der Waals surface area contributed by atoms with Crippen LogP contribution in [0.25, 0.3) is 16.3 Å². The van der Waals surface area contributed by atoms with E-state index < -0.39 is 0 Å². The molecule has 0 bridgehead atoms. The highest BCUT2D eigenvalue weighted by Crippen LogP contribution is 2.29. The molecule has 1 aliphatic rings. The molecular weight excluding hydrogens is 448 g/mol. The number of piperazine rings is 1. The number of methoxy groups -OCH3 is 1. The van der Waals surface area contributed by atoms with E-state index in [1.165, 1.54) is 0 Å². The Hall–Kier alpha value is -3.91. The van der Waals surface area contributed by atoms with E-state index in [-0.39, 0.29) is 11.8 Å². The molecule has 0 aliphatic carbocycles. The van der Waals surface area contributed by atoms with Gasteiger partial charge in [-0.2, -0.15) is 5.10 Å². The minimum absolute atomic E-state index is 0.0535. The number of nitrogens with zero attached hydrogens (tertiary/aromatic N) is 4. The fourth-order valence-corrected chi connectivity index (χ4v) is 4.78. The van der Waals surface area contributed by atoms with E-state index in [4.69, 9.17) is 9.84 Å². The molecule has 0 atom stereocenters. The Labute approximate surface area is 201 Å². The Balaban J connectivity index is 1.34. The van der Waals surface area contributed by atoms with Crippen molar-refractivity contribution in [2.24, 2.45) is 0 Å². The molecule has 34 heavy (non-hydrogen) atoms. The van der Waals surface area contributed by atoms with Gasteiger partial charge in [0, 0.05) is 37.9 Å². The zero-order chi connectivity index (χ0) is 23.5. The first-order valence-corrected chi connectivity index (χ1v) is 11.9. The third-order valence-corrected chi connectivity index (χ3v) is 6.77. The van der Waals surface area contributed by atoms with Gasteiger partial charge < -0.3 is 14.5 Å². The van der Waals surface area contributed by atoms with Crippen LogP contribution in [0, 0.1) is 0 Å². The normalized spacial score (nSPS) is 13.7. The van der Waals surface area contributed by atoms with Crippen LogP contribution in [0.3, 0.4) is 0 Å². The maximum Gasteiger partial charge on any atom is 0.257 e. The average molecular weight is 473 g/mol. The van der Waals surface area contributed by atoms with Crippen LogP contribution in [-0.4, -0.2) is 64.7 Å². The van der Waals surface area contributed by atoms with Crippen LogP contribution in [0.15, 0.2) is 78.3 Å². The van der Waals surface area contributed by atoms with Gasteiger partial charge in [-0.15, -0.1) is 11.3 Å². The number of thiophene rings is 1. The lowest BCUT2D eigenvalue weighted by atomic mass is 10.1. The molecule has 172 valence electrons. The fourth-order valence-electron chi connectivity index (χ4n) is 4.06. The van der Waals surface area contributed by atoms with Gasteiger partial charge in [-0.1, -0.05) is 30.3 Å². The number of aromatic nitrogens is 2. The highest BCUT2D eigenvalue weighted by Gasteiger charge is 2.29. The van der Waals surface area contributed by atoms with Gasteiger partial charge in [0.05, 0.1) is 23.2 Å². The summed E-state index contributed by atoms with van der Waals surface area (Å²) in [5, 5.41) is 6.72. The number of para-hydroxylation sites is 1. The monoisotopic (exact) mass is 472 g/mol. The lowest BCUT2D eigenvalue weighted by Crippen LogP contribution is -2.50. The van der Waals surface area contributed by atoms with E-state index in [0.29, 0.717) is 48.7 Å². The summed E-state index contributed by atoms with van der Waals surface area (Å²) >= 11 is 1.56. The van der Waals surface area contributed by atoms with Crippen molar-refractivity contribution in [3.05, 3.63) is 89.4 Å². The lowest BCUT2D eigenvalue weighted by molar-refractivity contribution is 0.0535. The first-order chi connectivity index (χ1) is 16.6. The molecule has 1 aliphatic heterocycles. The van der Waals surface area contributed by atoms with Gasteiger partial charge in [0.15, 0.2) is 0 Å². The van der Waals surface area contributed by atoms with Gasteiger partial charge >= 0.3 is 0 Å². The molecule has 0 unspecified atom stereocenters. The minimum atomic E-state index is -0.0703. The Kier molecular flexibility index (Phi) is 6.14. The molecule has 2 aromatic carbocycles. The maximum atomic E-state index is 13.5. The molecule has 1 saturated heterocycles. The zero-order valence-electron chi connectivity index (χ0n) is 18.8. The number of benzene rings is 2. The molecule has 0 spiro atoms. The summed E-state index contributed by atoms with van der Waals surface area (Å²) in [4.78, 5) is 31.0. The van der Waals surface area contributed by atoms with Crippen LogP contribution >= 0.6 is 11.3 Å². The van der Waals surface area contributed by atoms with E-state index in [0.717, 1.165) is 10.6 Å². The molecule has 1 fully saturated rings. The second-order valence-electron chi connectivity index (χ2n) is 7.97. The van der Waals surface area contributed by atoms with Crippen LogP contribution < -0.4 is 4.74 Å². The minimum Gasteiger partial charge on any atom is -0.497 e. The van der Waals surface area contributed by atoms with Crippen molar-refractivity contribution < 1.29 is 14.3 Å². The Bertz CT molecular complexity index is 1290. The third kappa shape index (κ3) is 4.32. The van der Waals surface area contributed by atoms with Crippen LogP contribution in [-0.2, 0) is 0 Å². The summed E-state index contributed by atoms with van der Waals surface area (Å²) in [7, 11) is 1.58. The smallest absolute Gasteiger partial charge is 0.257 e. The van der Waals surface area contributed by atoms with Gasteiger partial charge in [-0.25, -0.2) is 4.68 Å². The van der Waals surface area contributed by atoms with E-state index in [2.05, 4.69) is 0 Å². The number of amides is 2. The number of rotatable bonds is 5. The van der Waals surface area contributed by atoms with Crippen molar-refractivity contribution in [3.8, 4) is 22.0 Å². The number of hydrogen-bond acceptors (Lipinski definition) is 5. The predicted molar refractivity (Wildman–Crippen MR) is 132 cm³/mol. The third-order valence-electron chi connectivity index (χ3n) is 5.89. The van der Waals surface area contributed by atoms with E-state index in [9.17, 15) is 9.59 Å². The van der Waals surface area contributed by atoms with Crippen LogP contribution in [0.5, 0.6) is 5.75 Å². The number of ether oxygens (including phenoxy) is 1. The van der Waals surface area contributed by atoms with E-state index >= 15 is 0 Å². The lowest BCUT2D eigenvalue weighted by Gasteiger charge is -2.34. The molecule has 0 radical (unpaired) electrons. The van der Waals surface area contributed by atoms with Crippen molar-refractivity contribution >= 4 is 23.2 Å². The van der Waals surface area contributed by atoms with Gasteiger partial charge in [0.25, 0.3) is 11.8 Å². The zero-order valence-corrected chi connectivity index (χ0v) is 19.6. The van der Waals surface area contributed by atoms with E-state index in [1.807, 2.05) is 60.0 Å². The molecule has 3 heterocycles. The highest BCUT2D eigenvalue weighted by atomic mass is 32.1. The Morgan fingerprint density at radius 1 is 0.882 bits per heavy atom. The Morgan fingerprint density at radius 2 is 1.62 bits per heavy atom. The predicted octanol–water partition coefficient (Wildman–Crippen LogP) is 4.21. The molecule has 7 nitrogen and oxygen atoms in total. The van der Waals surface area contributed by atoms with E-state index in [1.54, 1.807) is 51.3 Å². The molecule has 8 heteroatoms. The summed E-state index contributed by atoms with van der Waals surface area (Å²) < 4.78 is 6.99. The van der Waals surface area contributed by atoms with Gasteiger partial charge in [-0.3, -0.25) is 9.59 Å². The quantitative estimate of drug-likeness (QED) is 0.437. The summed E-state index contributed by atoms with van der Waals surface area (Å²) in [5.74, 6) is 0.525. The molecular formula is C26H24N4O3S. The van der Waals surface area contributed by atoms with Crippen molar-refractivity contribution in [2.45, 2.75) is 0 Å². The first kappa shape index (κ1) is 21.9. The topological polar surface area (TPSA) is 67.7 Å². The largest absolute Gasteiger partial charge is 0.497 e. The van der Waals surface area contributed by atoms with Crippen molar-refractivity contribution in [2.75, 3.05) is 33.3 Å². The summed E-state index contributed by atoms with van der Waals surface area (Å²) in [6.07, 6.45) is 1.81. The SMILES string of the molecule is COc1cccc(C(=O)N2CCN(C(=O)c3cn(-c4ccccc4)nc3-c3cccs3)CC2)c1. The number of carbonyl (C=O) groups excluding carboxylic acids is 2.